The average Bonchev–Trinajstić information content (AvgIpc) is 3.06. The predicted molar refractivity (Wildman–Crippen MR) is 108 cm³/mol. The number of amides is 1. The number of ketones is 1. The number of nitrogens with one attached hydrogen (secondary N) is 1. The highest BCUT2D eigenvalue weighted by atomic mass is 32.2. The first-order chi connectivity index (χ1) is 13.3. The van der Waals surface area contributed by atoms with Crippen LogP contribution in [0.15, 0.2) is 47.4 Å². The molecule has 0 bridgehead atoms. The lowest BCUT2D eigenvalue weighted by Crippen LogP contribution is -2.20. The number of fused-ring (bicyclic) bond motifs is 1. The minimum atomic E-state index is -3.31. The van der Waals surface area contributed by atoms with Crippen molar-refractivity contribution in [3.63, 3.8) is 0 Å². The smallest absolute Gasteiger partial charge is 0.264 e. The standard InChI is InChI=1S/C19H18N2O5S2/c1-3-16(22)12-4-6-13(7-5-12)26-11-18(23)21-19-20-15-9-8-14(28(2,24)25)10-17(15)27-19/h4-10H,3,11H2,1-2H3,(H,20,21,23). The van der Waals surface area contributed by atoms with Crippen molar-refractivity contribution in [2.75, 3.05) is 18.2 Å². The van der Waals surface area contributed by atoms with E-state index in [4.69, 9.17) is 4.74 Å². The van der Waals surface area contributed by atoms with Crippen LogP contribution in [-0.4, -0.2) is 38.0 Å². The largest absolute Gasteiger partial charge is 0.484 e. The maximum absolute atomic E-state index is 12.1. The van der Waals surface area contributed by atoms with Crippen molar-refractivity contribution in [2.45, 2.75) is 18.2 Å². The van der Waals surface area contributed by atoms with Crippen LogP contribution in [0.1, 0.15) is 23.7 Å². The summed E-state index contributed by atoms with van der Waals surface area (Å²) in [5.41, 5.74) is 1.20. The van der Waals surface area contributed by atoms with Crippen LogP contribution in [0.3, 0.4) is 0 Å². The molecule has 1 heterocycles. The molecular weight excluding hydrogens is 400 g/mol. The van der Waals surface area contributed by atoms with Crippen molar-refractivity contribution in [1.29, 1.82) is 0 Å². The fraction of sp³-hybridized carbons (Fsp3) is 0.211. The lowest BCUT2D eigenvalue weighted by molar-refractivity contribution is -0.118. The molecule has 0 atom stereocenters. The number of hydrogen-bond donors (Lipinski definition) is 1. The maximum Gasteiger partial charge on any atom is 0.264 e. The van der Waals surface area contributed by atoms with Gasteiger partial charge < -0.3 is 4.74 Å². The third-order valence-corrected chi connectivity index (χ3v) is 5.95. The van der Waals surface area contributed by atoms with E-state index in [1.807, 2.05) is 0 Å². The Balaban J connectivity index is 1.62. The fourth-order valence-electron chi connectivity index (χ4n) is 2.43. The molecule has 0 saturated heterocycles. The summed E-state index contributed by atoms with van der Waals surface area (Å²) >= 11 is 1.18. The molecule has 28 heavy (non-hydrogen) atoms. The number of carbonyl (C=O) groups is 2. The van der Waals surface area contributed by atoms with Gasteiger partial charge >= 0.3 is 0 Å². The maximum atomic E-state index is 12.1. The summed E-state index contributed by atoms with van der Waals surface area (Å²) < 4.78 is 29.4. The van der Waals surface area contributed by atoms with Gasteiger partial charge in [0, 0.05) is 18.2 Å². The monoisotopic (exact) mass is 418 g/mol. The van der Waals surface area contributed by atoms with Crippen LogP contribution in [0.4, 0.5) is 5.13 Å². The molecule has 1 amide bonds. The van der Waals surface area contributed by atoms with Crippen LogP contribution in [0, 0.1) is 0 Å². The van der Waals surface area contributed by atoms with Crippen molar-refractivity contribution >= 4 is 48.2 Å². The van der Waals surface area contributed by atoms with E-state index in [2.05, 4.69) is 10.3 Å². The molecule has 0 radical (unpaired) electrons. The zero-order chi connectivity index (χ0) is 20.3. The van der Waals surface area contributed by atoms with E-state index in [0.29, 0.717) is 33.1 Å². The van der Waals surface area contributed by atoms with Gasteiger partial charge in [0.25, 0.3) is 5.91 Å². The SMILES string of the molecule is CCC(=O)c1ccc(OCC(=O)Nc2nc3ccc(S(C)(=O)=O)cc3s2)cc1. The van der Waals surface area contributed by atoms with Gasteiger partial charge in [-0.3, -0.25) is 14.9 Å². The molecule has 3 rings (SSSR count). The number of aromatic nitrogens is 1. The Morgan fingerprint density at radius 1 is 1.14 bits per heavy atom. The van der Waals surface area contributed by atoms with Crippen molar-refractivity contribution in [3.8, 4) is 5.75 Å². The quantitative estimate of drug-likeness (QED) is 0.591. The predicted octanol–water partition coefficient (Wildman–Crippen LogP) is 3.31. The third-order valence-electron chi connectivity index (χ3n) is 3.90. The van der Waals surface area contributed by atoms with Gasteiger partial charge in [-0.15, -0.1) is 0 Å². The van der Waals surface area contributed by atoms with Crippen LogP contribution in [0.25, 0.3) is 10.2 Å². The van der Waals surface area contributed by atoms with E-state index >= 15 is 0 Å². The van der Waals surface area contributed by atoms with E-state index in [0.717, 1.165) is 6.26 Å². The molecule has 0 aliphatic carbocycles. The van der Waals surface area contributed by atoms with Crippen LogP contribution in [0.2, 0.25) is 0 Å². The number of sulfone groups is 1. The summed E-state index contributed by atoms with van der Waals surface area (Å²) in [6.07, 6.45) is 1.57. The molecule has 0 aliphatic heterocycles. The van der Waals surface area contributed by atoms with E-state index in [1.54, 1.807) is 37.3 Å². The molecule has 2 aromatic carbocycles. The molecule has 3 aromatic rings. The first kappa shape index (κ1) is 20.0. The minimum absolute atomic E-state index is 0.0409. The van der Waals surface area contributed by atoms with E-state index in [9.17, 15) is 18.0 Å². The lowest BCUT2D eigenvalue weighted by Gasteiger charge is -2.06. The van der Waals surface area contributed by atoms with Crippen LogP contribution in [0.5, 0.6) is 5.75 Å². The highest BCUT2D eigenvalue weighted by Gasteiger charge is 2.12. The highest BCUT2D eigenvalue weighted by molar-refractivity contribution is 7.90. The molecule has 9 heteroatoms. The van der Waals surface area contributed by atoms with Gasteiger partial charge in [-0.25, -0.2) is 13.4 Å². The lowest BCUT2D eigenvalue weighted by atomic mass is 10.1. The second kappa shape index (κ2) is 8.07. The van der Waals surface area contributed by atoms with Gasteiger partial charge in [-0.1, -0.05) is 18.3 Å². The first-order valence-electron chi connectivity index (χ1n) is 8.43. The Hall–Kier alpha value is -2.78. The summed E-state index contributed by atoms with van der Waals surface area (Å²) in [6.45, 7) is 1.58. The van der Waals surface area contributed by atoms with Gasteiger partial charge in [0.15, 0.2) is 27.4 Å². The molecule has 1 aromatic heterocycles. The van der Waals surface area contributed by atoms with Gasteiger partial charge in [0.05, 0.1) is 15.1 Å². The number of thiazole rings is 1. The number of anilines is 1. The minimum Gasteiger partial charge on any atom is -0.484 e. The first-order valence-corrected chi connectivity index (χ1v) is 11.1. The molecule has 146 valence electrons. The zero-order valence-corrected chi connectivity index (χ0v) is 16.9. The molecule has 0 fully saturated rings. The van der Waals surface area contributed by atoms with Crippen molar-refractivity contribution < 1.29 is 22.7 Å². The van der Waals surface area contributed by atoms with Crippen LogP contribution >= 0.6 is 11.3 Å². The fourth-order valence-corrected chi connectivity index (χ4v) is 4.08. The molecule has 1 N–H and O–H groups in total. The van der Waals surface area contributed by atoms with Crippen molar-refractivity contribution in [2.24, 2.45) is 0 Å². The normalized spacial score (nSPS) is 11.4. The Morgan fingerprint density at radius 3 is 2.50 bits per heavy atom. The third kappa shape index (κ3) is 4.73. The van der Waals surface area contributed by atoms with Crippen LogP contribution < -0.4 is 10.1 Å². The molecule has 7 nitrogen and oxygen atoms in total. The van der Waals surface area contributed by atoms with E-state index < -0.39 is 15.7 Å². The van der Waals surface area contributed by atoms with E-state index in [1.165, 1.54) is 23.5 Å². The van der Waals surface area contributed by atoms with Gasteiger partial charge in [-0.2, -0.15) is 0 Å². The Kier molecular flexibility index (Phi) is 5.76. The Labute approximate surface area is 166 Å². The molecular formula is C19H18N2O5S2. The Morgan fingerprint density at radius 2 is 1.86 bits per heavy atom. The van der Waals surface area contributed by atoms with E-state index in [-0.39, 0.29) is 17.3 Å². The molecule has 0 saturated carbocycles. The summed E-state index contributed by atoms with van der Waals surface area (Å²) in [5, 5.41) is 3.00. The van der Waals surface area contributed by atoms with Gasteiger partial charge in [0.2, 0.25) is 0 Å². The summed E-state index contributed by atoms with van der Waals surface area (Å²) in [5.74, 6) is 0.125. The highest BCUT2D eigenvalue weighted by Crippen LogP contribution is 2.28. The summed E-state index contributed by atoms with van der Waals surface area (Å²) in [6, 6.07) is 11.2. The average molecular weight is 418 g/mol. The number of nitrogens with zero attached hydrogens (tertiary/aromatic N) is 1. The second-order valence-corrected chi connectivity index (χ2v) is 9.11. The van der Waals surface area contributed by atoms with Crippen molar-refractivity contribution in [1.82, 2.24) is 4.98 Å². The number of rotatable bonds is 7. The summed E-state index contributed by atoms with van der Waals surface area (Å²) in [4.78, 5) is 28.2. The summed E-state index contributed by atoms with van der Waals surface area (Å²) in [7, 11) is -3.31. The van der Waals surface area contributed by atoms with Gasteiger partial charge in [-0.05, 0) is 42.5 Å². The van der Waals surface area contributed by atoms with Crippen LogP contribution in [-0.2, 0) is 14.6 Å². The number of benzene rings is 2. The second-order valence-electron chi connectivity index (χ2n) is 6.06. The molecule has 0 unspecified atom stereocenters. The number of Topliss-reactive ketones (excluding diaryl/α,β-unsaturated/α-hetero) is 1. The Bertz CT molecular complexity index is 1130. The number of hydrogen-bond acceptors (Lipinski definition) is 7. The number of carbonyl (C=O) groups excluding carboxylic acids is 2. The van der Waals surface area contributed by atoms with Crippen molar-refractivity contribution in [3.05, 3.63) is 48.0 Å². The molecule has 0 spiro atoms. The number of ether oxygens (including phenoxy) is 1. The zero-order valence-electron chi connectivity index (χ0n) is 15.3. The topological polar surface area (TPSA) is 102 Å². The molecule has 0 aliphatic rings. The van der Waals surface area contributed by atoms with Gasteiger partial charge in [0.1, 0.15) is 5.75 Å².